The Bertz CT molecular complexity index is 369. The van der Waals surface area contributed by atoms with Crippen LogP contribution < -0.4 is 10.5 Å². The third kappa shape index (κ3) is 6.05. The van der Waals surface area contributed by atoms with Crippen LogP contribution in [0.4, 0.5) is 0 Å². The summed E-state index contributed by atoms with van der Waals surface area (Å²) in [5.41, 5.74) is 7.31. The molecule has 0 aliphatic heterocycles. The summed E-state index contributed by atoms with van der Waals surface area (Å²) in [6, 6.07) is 7.90. The Kier molecular flexibility index (Phi) is 6.84. The van der Waals surface area contributed by atoms with Gasteiger partial charge in [0.15, 0.2) is 0 Å². The molecule has 0 radical (unpaired) electrons. The van der Waals surface area contributed by atoms with Gasteiger partial charge in [-0.2, -0.15) is 0 Å². The maximum atomic E-state index is 6.21. The number of benzene rings is 1. The van der Waals surface area contributed by atoms with Gasteiger partial charge >= 0.3 is 0 Å². The maximum absolute atomic E-state index is 6.21. The Balaban J connectivity index is 2.42. The lowest BCUT2D eigenvalue weighted by Gasteiger charge is -2.22. The molecule has 1 aromatic carbocycles. The van der Waals surface area contributed by atoms with Crippen molar-refractivity contribution in [2.24, 2.45) is 5.73 Å². The number of ether oxygens (including phenoxy) is 2. The lowest BCUT2D eigenvalue weighted by atomic mass is 10.1. The SMILES string of the molecule is COc1cccc(C(N)CN(C)CCOC(C)C)c1. The van der Waals surface area contributed by atoms with Crippen molar-refractivity contribution in [3.63, 3.8) is 0 Å². The van der Waals surface area contributed by atoms with Gasteiger partial charge in [0.1, 0.15) is 5.75 Å². The Labute approximate surface area is 116 Å². The van der Waals surface area contributed by atoms with Crippen LogP contribution in [0, 0.1) is 0 Å². The molecule has 108 valence electrons. The van der Waals surface area contributed by atoms with E-state index in [4.69, 9.17) is 15.2 Å². The first kappa shape index (κ1) is 16.0. The lowest BCUT2D eigenvalue weighted by Crippen LogP contribution is -2.32. The van der Waals surface area contributed by atoms with Crippen molar-refractivity contribution in [3.8, 4) is 5.75 Å². The van der Waals surface area contributed by atoms with Gasteiger partial charge in [-0.15, -0.1) is 0 Å². The van der Waals surface area contributed by atoms with Gasteiger partial charge in [-0.1, -0.05) is 12.1 Å². The van der Waals surface area contributed by atoms with Crippen molar-refractivity contribution >= 4 is 0 Å². The molecule has 0 amide bonds. The summed E-state index contributed by atoms with van der Waals surface area (Å²) < 4.78 is 10.7. The van der Waals surface area contributed by atoms with Crippen LogP contribution in [0.3, 0.4) is 0 Å². The van der Waals surface area contributed by atoms with Crippen LogP contribution in [-0.2, 0) is 4.74 Å². The van der Waals surface area contributed by atoms with E-state index >= 15 is 0 Å². The summed E-state index contributed by atoms with van der Waals surface area (Å²) in [7, 11) is 3.73. The summed E-state index contributed by atoms with van der Waals surface area (Å²) in [6.45, 7) is 6.51. The minimum atomic E-state index is -0.0147. The molecule has 1 unspecified atom stereocenters. The number of hydrogen-bond donors (Lipinski definition) is 1. The molecule has 19 heavy (non-hydrogen) atoms. The zero-order valence-electron chi connectivity index (χ0n) is 12.4. The van der Waals surface area contributed by atoms with Crippen molar-refractivity contribution in [2.75, 3.05) is 33.9 Å². The third-order valence-corrected chi connectivity index (χ3v) is 2.95. The van der Waals surface area contributed by atoms with Crippen LogP contribution >= 0.6 is 0 Å². The summed E-state index contributed by atoms with van der Waals surface area (Å²) in [6.07, 6.45) is 0.278. The predicted molar refractivity (Wildman–Crippen MR) is 78.5 cm³/mol. The van der Waals surface area contributed by atoms with Crippen molar-refractivity contribution in [3.05, 3.63) is 29.8 Å². The molecule has 1 atom stereocenters. The van der Waals surface area contributed by atoms with Gasteiger partial charge < -0.3 is 20.1 Å². The number of methoxy groups -OCH3 is 1. The van der Waals surface area contributed by atoms with Crippen molar-refractivity contribution < 1.29 is 9.47 Å². The quantitative estimate of drug-likeness (QED) is 0.782. The first-order valence-electron chi connectivity index (χ1n) is 6.72. The smallest absolute Gasteiger partial charge is 0.119 e. The molecule has 4 nitrogen and oxygen atoms in total. The molecule has 4 heteroatoms. The second-order valence-electron chi connectivity index (χ2n) is 5.06. The van der Waals surface area contributed by atoms with Crippen LogP contribution in [0.25, 0.3) is 0 Å². The number of rotatable bonds is 8. The molecule has 0 saturated heterocycles. The van der Waals surface area contributed by atoms with Gasteiger partial charge in [0, 0.05) is 19.1 Å². The Morgan fingerprint density at radius 2 is 2.05 bits per heavy atom. The van der Waals surface area contributed by atoms with Gasteiger partial charge in [-0.3, -0.25) is 0 Å². The van der Waals surface area contributed by atoms with E-state index in [0.29, 0.717) is 0 Å². The summed E-state index contributed by atoms with van der Waals surface area (Å²) in [4.78, 5) is 2.19. The average molecular weight is 266 g/mol. The van der Waals surface area contributed by atoms with Gasteiger partial charge in [0.05, 0.1) is 19.8 Å². The molecule has 1 rings (SSSR count). The van der Waals surface area contributed by atoms with E-state index in [1.807, 2.05) is 38.1 Å². The first-order valence-corrected chi connectivity index (χ1v) is 6.72. The Morgan fingerprint density at radius 3 is 2.68 bits per heavy atom. The number of nitrogens with zero attached hydrogens (tertiary/aromatic N) is 1. The topological polar surface area (TPSA) is 47.7 Å². The monoisotopic (exact) mass is 266 g/mol. The van der Waals surface area contributed by atoms with Crippen LogP contribution in [-0.4, -0.2) is 44.9 Å². The highest BCUT2D eigenvalue weighted by molar-refractivity contribution is 5.30. The minimum Gasteiger partial charge on any atom is -0.497 e. The minimum absolute atomic E-state index is 0.0147. The van der Waals surface area contributed by atoms with E-state index < -0.39 is 0 Å². The van der Waals surface area contributed by atoms with Crippen LogP contribution in [0.1, 0.15) is 25.5 Å². The lowest BCUT2D eigenvalue weighted by molar-refractivity contribution is 0.0629. The van der Waals surface area contributed by atoms with E-state index in [1.54, 1.807) is 7.11 Å². The third-order valence-electron chi connectivity index (χ3n) is 2.95. The van der Waals surface area contributed by atoms with E-state index in [1.165, 1.54) is 0 Å². The number of hydrogen-bond acceptors (Lipinski definition) is 4. The summed E-state index contributed by atoms with van der Waals surface area (Å²) in [5.74, 6) is 0.846. The van der Waals surface area contributed by atoms with Crippen LogP contribution in [0.15, 0.2) is 24.3 Å². The maximum Gasteiger partial charge on any atom is 0.119 e. The Hall–Kier alpha value is -1.10. The molecule has 0 heterocycles. The van der Waals surface area contributed by atoms with E-state index in [9.17, 15) is 0 Å². The molecule has 0 saturated carbocycles. The normalized spacial score (nSPS) is 13.0. The highest BCUT2D eigenvalue weighted by Crippen LogP contribution is 2.18. The number of nitrogens with two attached hydrogens (primary N) is 1. The molecule has 0 aliphatic carbocycles. The van der Waals surface area contributed by atoms with E-state index in [2.05, 4.69) is 11.9 Å². The van der Waals surface area contributed by atoms with Gasteiger partial charge in [-0.25, -0.2) is 0 Å². The summed E-state index contributed by atoms with van der Waals surface area (Å²) >= 11 is 0. The zero-order valence-corrected chi connectivity index (χ0v) is 12.4. The van der Waals surface area contributed by atoms with Crippen LogP contribution in [0.5, 0.6) is 5.75 Å². The van der Waals surface area contributed by atoms with Crippen molar-refractivity contribution in [2.45, 2.75) is 26.0 Å². The van der Waals surface area contributed by atoms with E-state index in [0.717, 1.165) is 31.0 Å². The number of likely N-dealkylation sites (N-methyl/N-ethyl adjacent to an activating group) is 1. The fraction of sp³-hybridized carbons (Fsp3) is 0.600. The van der Waals surface area contributed by atoms with Crippen molar-refractivity contribution in [1.82, 2.24) is 4.90 Å². The van der Waals surface area contributed by atoms with Crippen LogP contribution in [0.2, 0.25) is 0 Å². The highest BCUT2D eigenvalue weighted by atomic mass is 16.5. The fourth-order valence-electron chi connectivity index (χ4n) is 1.85. The molecular formula is C15H26N2O2. The second kappa shape index (κ2) is 8.15. The second-order valence-corrected chi connectivity index (χ2v) is 5.06. The Morgan fingerprint density at radius 1 is 1.32 bits per heavy atom. The summed E-state index contributed by atoms with van der Waals surface area (Å²) in [5, 5.41) is 0. The van der Waals surface area contributed by atoms with Gasteiger partial charge in [0.2, 0.25) is 0 Å². The zero-order chi connectivity index (χ0) is 14.3. The largest absolute Gasteiger partial charge is 0.497 e. The molecule has 0 fully saturated rings. The van der Waals surface area contributed by atoms with Gasteiger partial charge in [0.25, 0.3) is 0 Å². The van der Waals surface area contributed by atoms with Gasteiger partial charge in [-0.05, 0) is 38.6 Å². The highest BCUT2D eigenvalue weighted by Gasteiger charge is 2.10. The molecule has 1 aromatic rings. The molecule has 2 N–H and O–H groups in total. The molecule has 0 bridgehead atoms. The van der Waals surface area contributed by atoms with Crippen molar-refractivity contribution in [1.29, 1.82) is 0 Å². The average Bonchev–Trinajstić information content (AvgIpc) is 2.38. The molecule has 0 aromatic heterocycles. The van der Waals surface area contributed by atoms with E-state index in [-0.39, 0.29) is 12.1 Å². The first-order chi connectivity index (χ1) is 9.02. The fourth-order valence-corrected chi connectivity index (χ4v) is 1.85. The molecular weight excluding hydrogens is 240 g/mol. The predicted octanol–water partition coefficient (Wildman–Crippen LogP) is 2.05. The molecule has 0 spiro atoms. The standard InChI is InChI=1S/C15H26N2O2/c1-12(2)19-9-8-17(3)11-15(16)13-6-5-7-14(10-13)18-4/h5-7,10,12,15H,8-9,11,16H2,1-4H3. The molecule has 0 aliphatic rings.